The van der Waals surface area contributed by atoms with Crippen molar-refractivity contribution in [2.45, 2.75) is 0 Å². The lowest BCUT2D eigenvalue weighted by Gasteiger charge is -2.28. The minimum absolute atomic E-state index is 0.0692. The predicted molar refractivity (Wildman–Crippen MR) is 99.9 cm³/mol. The highest BCUT2D eigenvalue weighted by atomic mass is 16.5. The van der Waals surface area contributed by atoms with Crippen LogP contribution in [-0.2, 0) is 9.53 Å². The predicted octanol–water partition coefficient (Wildman–Crippen LogP) is 0.317. The van der Waals surface area contributed by atoms with Crippen LogP contribution in [-0.4, -0.2) is 66.8 Å². The summed E-state index contributed by atoms with van der Waals surface area (Å²) in [5, 5.41) is 8.63. The molecule has 1 aromatic heterocycles. The molecule has 9 heteroatoms. The zero-order valence-corrected chi connectivity index (χ0v) is 15.0. The minimum Gasteiger partial charge on any atom is -0.378 e. The normalized spacial score (nSPS) is 13.9. The van der Waals surface area contributed by atoms with Gasteiger partial charge < -0.3 is 19.9 Å². The summed E-state index contributed by atoms with van der Waals surface area (Å²) in [6.45, 7) is 2.98. The number of H-pyrrole nitrogens is 1. The highest BCUT2D eigenvalue weighted by molar-refractivity contribution is 5.98. The molecule has 1 aliphatic rings. The highest BCUT2D eigenvalue weighted by Crippen LogP contribution is 2.19. The van der Waals surface area contributed by atoms with E-state index in [9.17, 15) is 14.4 Å². The number of nitrogens with zero attached hydrogens (tertiary/aromatic N) is 3. The molecule has 0 bridgehead atoms. The number of hydrogen-bond acceptors (Lipinski definition) is 6. The van der Waals surface area contributed by atoms with Gasteiger partial charge in [-0.2, -0.15) is 5.10 Å². The second-order valence-electron chi connectivity index (χ2n) is 6.16. The summed E-state index contributed by atoms with van der Waals surface area (Å²) in [5.74, 6) is -0.779. The molecule has 1 aliphatic heterocycles. The van der Waals surface area contributed by atoms with Crippen LogP contribution >= 0.6 is 0 Å². The summed E-state index contributed by atoms with van der Waals surface area (Å²) in [7, 11) is 1.50. The number of amides is 2. The average molecular weight is 371 g/mol. The molecule has 2 amide bonds. The molecule has 0 saturated carbocycles. The molecule has 1 aromatic carbocycles. The molecule has 2 heterocycles. The number of rotatable bonds is 5. The number of ether oxygens (including phenoxy) is 1. The molecule has 3 rings (SSSR count). The third-order valence-electron chi connectivity index (χ3n) is 4.15. The fourth-order valence-corrected chi connectivity index (χ4v) is 2.72. The Kier molecular flexibility index (Phi) is 5.82. The molecule has 0 unspecified atom stereocenters. The number of carbonyl (C=O) groups excluding carboxylic acids is 2. The minimum atomic E-state index is -0.455. The van der Waals surface area contributed by atoms with Crippen molar-refractivity contribution >= 4 is 23.2 Å². The molecule has 27 heavy (non-hydrogen) atoms. The maximum Gasteiger partial charge on any atom is 0.274 e. The second-order valence-corrected chi connectivity index (χ2v) is 6.16. The Hall–Kier alpha value is -3.20. The topological polar surface area (TPSA) is 108 Å². The third kappa shape index (κ3) is 4.91. The van der Waals surface area contributed by atoms with E-state index in [-0.39, 0.29) is 18.1 Å². The van der Waals surface area contributed by atoms with Gasteiger partial charge in [0.2, 0.25) is 5.91 Å². The second kappa shape index (κ2) is 8.45. The van der Waals surface area contributed by atoms with Gasteiger partial charge in [-0.05, 0) is 30.3 Å². The smallest absolute Gasteiger partial charge is 0.274 e. The van der Waals surface area contributed by atoms with Gasteiger partial charge in [-0.3, -0.25) is 14.4 Å². The first-order valence-electron chi connectivity index (χ1n) is 8.57. The van der Waals surface area contributed by atoms with Crippen molar-refractivity contribution in [1.29, 1.82) is 0 Å². The van der Waals surface area contributed by atoms with Gasteiger partial charge in [-0.25, -0.2) is 5.10 Å². The Morgan fingerprint density at radius 3 is 2.52 bits per heavy atom. The summed E-state index contributed by atoms with van der Waals surface area (Å²) >= 11 is 0. The molecule has 0 atom stereocenters. The zero-order chi connectivity index (χ0) is 19.2. The number of hydrogen-bond donors (Lipinski definition) is 2. The Morgan fingerprint density at radius 2 is 1.89 bits per heavy atom. The van der Waals surface area contributed by atoms with Crippen molar-refractivity contribution in [3.05, 3.63) is 52.4 Å². The number of anilines is 2. The number of aromatic nitrogens is 2. The molecular formula is C18H21N5O4. The van der Waals surface area contributed by atoms with Crippen LogP contribution in [0.3, 0.4) is 0 Å². The maximum absolute atomic E-state index is 12.2. The van der Waals surface area contributed by atoms with Gasteiger partial charge in [-0.1, -0.05) is 0 Å². The van der Waals surface area contributed by atoms with Crippen molar-refractivity contribution in [2.75, 3.05) is 50.1 Å². The Labute approximate surface area is 155 Å². The fraction of sp³-hybridized carbons (Fsp3) is 0.333. The van der Waals surface area contributed by atoms with E-state index in [1.807, 2.05) is 24.3 Å². The molecule has 9 nitrogen and oxygen atoms in total. The number of nitrogens with one attached hydrogen (secondary N) is 2. The number of aromatic amines is 1. The van der Waals surface area contributed by atoms with E-state index in [1.54, 1.807) is 0 Å². The molecule has 2 aromatic rings. The quantitative estimate of drug-likeness (QED) is 0.784. The van der Waals surface area contributed by atoms with Crippen molar-refractivity contribution in [1.82, 2.24) is 15.1 Å². The van der Waals surface area contributed by atoms with Crippen molar-refractivity contribution in [3.8, 4) is 0 Å². The monoisotopic (exact) mass is 371 g/mol. The van der Waals surface area contributed by atoms with Gasteiger partial charge in [0, 0.05) is 37.6 Å². The maximum atomic E-state index is 12.2. The molecule has 1 saturated heterocycles. The van der Waals surface area contributed by atoms with E-state index in [0.717, 1.165) is 18.8 Å². The van der Waals surface area contributed by atoms with Crippen LogP contribution in [0, 0.1) is 0 Å². The van der Waals surface area contributed by atoms with Crippen molar-refractivity contribution in [3.63, 3.8) is 0 Å². The Morgan fingerprint density at radius 1 is 1.19 bits per heavy atom. The van der Waals surface area contributed by atoms with Gasteiger partial charge in [-0.15, -0.1) is 0 Å². The van der Waals surface area contributed by atoms with Gasteiger partial charge in [0.25, 0.3) is 11.5 Å². The van der Waals surface area contributed by atoms with E-state index in [0.29, 0.717) is 18.9 Å². The van der Waals surface area contributed by atoms with Crippen LogP contribution in [0.25, 0.3) is 0 Å². The molecular weight excluding hydrogens is 350 g/mol. The fourth-order valence-electron chi connectivity index (χ4n) is 2.72. The lowest BCUT2D eigenvalue weighted by molar-refractivity contribution is -0.116. The first kappa shape index (κ1) is 18.6. The SMILES string of the molecule is CN(CC(=O)Nc1ccc(N2CCOCC2)cc1)C(=O)c1ccc(=O)[nH]n1. The third-order valence-corrected chi connectivity index (χ3v) is 4.15. The first-order valence-corrected chi connectivity index (χ1v) is 8.57. The van der Waals surface area contributed by atoms with Gasteiger partial charge in [0.05, 0.1) is 19.8 Å². The van der Waals surface area contributed by atoms with Crippen LogP contribution < -0.4 is 15.8 Å². The number of likely N-dealkylation sites (N-methyl/N-ethyl adjacent to an activating group) is 1. The van der Waals surface area contributed by atoms with Crippen molar-refractivity contribution in [2.24, 2.45) is 0 Å². The molecule has 1 fully saturated rings. The molecule has 0 radical (unpaired) electrons. The lowest BCUT2D eigenvalue weighted by atomic mass is 10.2. The van der Waals surface area contributed by atoms with E-state index < -0.39 is 11.5 Å². The molecule has 142 valence electrons. The van der Waals surface area contributed by atoms with Crippen molar-refractivity contribution < 1.29 is 14.3 Å². The van der Waals surface area contributed by atoms with Crippen LogP contribution in [0.5, 0.6) is 0 Å². The van der Waals surface area contributed by atoms with E-state index in [2.05, 4.69) is 20.4 Å². The van der Waals surface area contributed by atoms with Crippen LogP contribution in [0.2, 0.25) is 0 Å². The summed E-state index contributed by atoms with van der Waals surface area (Å²) in [6, 6.07) is 10.1. The Bertz CT molecular complexity index is 838. The van der Waals surface area contributed by atoms with Gasteiger partial charge in [0.15, 0.2) is 0 Å². The Balaban J connectivity index is 1.54. The summed E-state index contributed by atoms with van der Waals surface area (Å²) in [4.78, 5) is 38.9. The van der Waals surface area contributed by atoms with Crippen LogP contribution in [0.1, 0.15) is 10.5 Å². The van der Waals surface area contributed by atoms with Crippen LogP contribution in [0.15, 0.2) is 41.2 Å². The largest absolute Gasteiger partial charge is 0.378 e. The number of morpholine rings is 1. The summed E-state index contributed by atoms with van der Waals surface area (Å²) in [6.07, 6.45) is 0. The lowest BCUT2D eigenvalue weighted by Crippen LogP contribution is -2.36. The van der Waals surface area contributed by atoms with E-state index in [1.165, 1.54) is 24.1 Å². The molecule has 0 spiro atoms. The molecule has 2 N–H and O–H groups in total. The van der Waals surface area contributed by atoms with E-state index in [4.69, 9.17) is 4.74 Å². The molecule has 0 aliphatic carbocycles. The number of carbonyl (C=O) groups is 2. The van der Waals surface area contributed by atoms with E-state index >= 15 is 0 Å². The van der Waals surface area contributed by atoms with Gasteiger partial charge in [0.1, 0.15) is 5.69 Å². The number of benzene rings is 1. The van der Waals surface area contributed by atoms with Crippen LogP contribution in [0.4, 0.5) is 11.4 Å². The highest BCUT2D eigenvalue weighted by Gasteiger charge is 2.17. The summed E-state index contributed by atoms with van der Waals surface area (Å²) in [5.41, 5.74) is 1.40. The van der Waals surface area contributed by atoms with Gasteiger partial charge >= 0.3 is 0 Å². The average Bonchev–Trinajstić information content (AvgIpc) is 2.69. The standard InChI is InChI=1S/C18H21N5O4/c1-22(18(26)15-6-7-16(24)21-20-15)12-17(25)19-13-2-4-14(5-3-13)23-8-10-27-11-9-23/h2-7H,8-12H2,1H3,(H,19,25)(H,21,24). The first-order chi connectivity index (χ1) is 13.0. The zero-order valence-electron chi connectivity index (χ0n) is 15.0. The summed E-state index contributed by atoms with van der Waals surface area (Å²) < 4.78 is 5.34.